The molecule has 2 atom stereocenters. The van der Waals surface area contributed by atoms with Crippen molar-refractivity contribution in [1.29, 1.82) is 5.26 Å². The fourth-order valence-electron chi connectivity index (χ4n) is 5.52. The number of anilines is 1. The van der Waals surface area contributed by atoms with Crippen molar-refractivity contribution in [3.8, 4) is 17.2 Å². The Balaban J connectivity index is 1.46. The summed E-state index contributed by atoms with van der Waals surface area (Å²) >= 11 is 1.56. The maximum Gasteiger partial charge on any atom is 0.235 e. The van der Waals surface area contributed by atoms with E-state index in [0.717, 1.165) is 28.8 Å². The lowest BCUT2D eigenvalue weighted by atomic mass is 9.70. The summed E-state index contributed by atoms with van der Waals surface area (Å²) in [5, 5.41) is 11.3. The third-order valence-corrected chi connectivity index (χ3v) is 8.68. The molecule has 0 saturated carbocycles. The minimum atomic E-state index is -0.811. The molecule has 3 aromatic rings. The minimum Gasteiger partial charge on any atom is -0.369 e. The molecule has 184 valence electrons. The molecule has 8 heteroatoms. The van der Waals surface area contributed by atoms with E-state index in [4.69, 9.17) is 10.7 Å². The van der Waals surface area contributed by atoms with Crippen molar-refractivity contribution in [1.82, 2.24) is 4.90 Å². The van der Waals surface area contributed by atoms with Gasteiger partial charge in [0.25, 0.3) is 0 Å². The van der Waals surface area contributed by atoms with E-state index >= 15 is 0 Å². The smallest absolute Gasteiger partial charge is 0.235 e. The summed E-state index contributed by atoms with van der Waals surface area (Å²) in [7, 11) is 1.68. The van der Waals surface area contributed by atoms with Crippen molar-refractivity contribution < 1.29 is 9.18 Å². The Morgan fingerprint density at radius 2 is 1.89 bits per heavy atom. The zero-order valence-electron chi connectivity index (χ0n) is 20.3. The number of thiophene rings is 1. The Morgan fingerprint density at radius 3 is 2.61 bits per heavy atom. The second-order valence-corrected chi connectivity index (χ2v) is 10.6. The predicted molar refractivity (Wildman–Crippen MR) is 141 cm³/mol. The fraction of sp³-hybridized carbons (Fsp3) is 0.321. The highest BCUT2D eigenvalue weighted by Crippen LogP contribution is 2.47. The number of aliphatic imine (C=N–C) groups is 1. The Hall–Kier alpha value is -3.70. The molecule has 36 heavy (non-hydrogen) atoms. The van der Waals surface area contributed by atoms with Crippen LogP contribution in [-0.2, 0) is 10.3 Å². The largest absolute Gasteiger partial charge is 0.369 e. The van der Waals surface area contributed by atoms with Crippen LogP contribution in [0.5, 0.6) is 0 Å². The van der Waals surface area contributed by atoms with Gasteiger partial charge in [0.15, 0.2) is 5.96 Å². The zero-order chi connectivity index (χ0) is 25.4. The van der Waals surface area contributed by atoms with Crippen molar-refractivity contribution >= 4 is 28.9 Å². The number of amides is 1. The molecule has 1 fully saturated rings. The van der Waals surface area contributed by atoms with Gasteiger partial charge >= 0.3 is 0 Å². The van der Waals surface area contributed by atoms with Crippen LogP contribution in [0.4, 0.5) is 10.1 Å². The van der Waals surface area contributed by atoms with Crippen molar-refractivity contribution in [3.05, 3.63) is 76.2 Å². The van der Waals surface area contributed by atoms with E-state index in [1.54, 1.807) is 36.6 Å². The van der Waals surface area contributed by atoms with E-state index in [0.29, 0.717) is 24.3 Å². The Kier molecular flexibility index (Phi) is 6.27. The lowest BCUT2D eigenvalue weighted by molar-refractivity contribution is -0.136. The van der Waals surface area contributed by atoms with Crippen molar-refractivity contribution in [2.24, 2.45) is 22.6 Å². The number of piperidine rings is 1. The molecule has 1 aromatic heterocycles. The van der Waals surface area contributed by atoms with Gasteiger partial charge < -0.3 is 10.6 Å². The molecule has 6 nitrogen and oxygen atoms in total. The van der Waals surface area contributed by atoms with Crippen LogP contribution in [0.2, 0.25) is 0 Å². The number of carbonyl (C=O) groups is 1. The molecule has 2 aliphatic heterocycles. The van der Waals surface area contributed by atoms with Crippen molar-refractivity contribution in [2.75, 3.05) is 25.0 Å². The van der Waals surface area contributed by atoms with E-state index < -0.39 is 5.54 Å². The molecule has 2 aromatic carbocycles. The van der Waals surface area contributed by atoms with Gasteiger partial charge in [0, 0.05) is 25.0 Å². The maximum absolute atomic E-state index is 14.4. The van der Waals surface area contributed by atoms with Crippen LogP contribution < -0.4 is 10.6 Å². The second-order valence-electron chi connectivity index (χ2n) is 9.66. The monoisotopic (exact) mass is 501 g/mol. The molecule has 2 aliphatic rings. The Morgan fingerprint density at radius 1 is 1.14 bits per heavy atom. The number of guanidine groups is 1. The lowest BCUT2D eigenvalue weighted by Gasteiger charge is -2.46. The number of benzene rings is 2. The van der Waals surface area contributed by atoms with Gasteiger partial charge in [0.1, 0.15) is 11.4 Å². The summed E-state index contributed by atoms with van der Waals surface area (Å²) in [5.41, 5.74) is 8.55. The van der Waals surface area contributed by atoms with Gasteiger partial charge in [-0.25, -0.2) is 9.38 Å². The second kappa shape index (κ2) is 9.40. The van der Waals surface area contributed by atoms with Crippen molar-refractivity contribution in [3.63, 3.8) is 0 Å². The van der Waals surface area contributed by atoms with Crippen LogP contribution in [-0.4, -0.2) is 36.9 Å². The molecule has 0 spiro atoms. The number of hydrogen-bond donors (Lipinski definition) is 1. The number of halogens is 1. The SMILES string of the molecule is CN1C(=O)C(C2CCN(c3ccccc3F)CC2)[C@@](C)(c2cc(-c3cccc(C#N)c3)cs2)N=C1N. The van der Waals surface area contributed by atoms with Gasteiger partial charge in [-0.2, -0.15) is 5.26 Å². The summed E-state index contributed by atoms with van der Waals surface area (Å²) < 4.78 is 14.4. The van der Waals surface area contributed by atoms with Crippen LogP contribution in [0.15, 0.2) is 65.0 Å². The number of nitriles is 1. The number of rotatable bonds is 4. The fourth-order valence-corrected chi connectivity index (χ4v) is 6.58. The number of nitrogens with two attached hydrogens (primary N) is 1. The molecule has 0 radical (unpaired) electrons. The molecule has 3 heterocycles. The van der Waals surface area contributed by atoms with Crippen molar-refractivity contribution in [2.45, 2.75) is 25.3 Å². The first-order valence-corrected chi connectivity index (χ1v) is 12.9. The van der Waals surface area contributed by atoms with Crippen LogP contribution in [0.25, 0.3) is 11.1 Å². The third kappa shape index (κ3) is 4.14. The number of hydrogen-bond acceptors (Lipinski definition) is 6. The molecular weight excluding hydrogens is 473 g/mol. The molecular formula is C28H28FN5OS. The van der Waals surface area contributed by atoms with Gasteiger partial charge in [-0.1, -0.05) is 24.3 Å². The van der Waals surface area contributed by atoms with E-state index in [9.17, 15) is 14.4 Å². The average Bonchev–Trinajstić information content (AvgIpc) is 3.40. The van der Waals surface area contributed by atoms with Gasteiger partial charge in [-0.05, 0) is 72.5 Å². The highest BCUT2D eigenvalue weighted by molar-refractivity contribution is 7.10. The first-order valence-electron chi connectivity index (χ1n) is 12.0. The summed E-state index contributed by atoms with van der Waals surface area (Å²) in [4.78, 5) is 23.0. The Bertz CT molecular complexity index is 1370. The molecule has 1 amide bonds. The van der Waals surface area contributed by atoms with Crippen LogP contribution in [0.1, 0.15) is 30.2 Å². The van der Waals surface area contributed by atoms with Crippen LogP contribution in [0, 0.1) is 29.0 Å². The molecule has 5 rings (SSSR count). The zero-order valence-corrected chi connectivity index (χ0v) is 21.1. The summed E-state index contributed by atoms with van der Waals surface area (Å²) in [5.74, 6) is -0.343. The van der Waals surface area contributed by atoms with E-state index in [-0.39, 0.29) is 29.5 Å². The van der Waals surface area contributed by atoms with Gasteiger partial charge in [0.05, 0.1) is 23.2 Å². The Labute approximate surface area is 214 Å². The van der Waals surface area contributed by atoms with Gasteiger partial charge in [0.2, 0.25) is 5.91 Å². The normalized spacial score (nSPS) is 22.9. The topological polar surface area (TPSA) is 85.7 Å². The molecule has 2 N–H and O–H groups in total. The maximum atomic E-state index is 14.4. The molecule has 1 saturated heterocycles. The van der Waals surface area contributed by atoms with E-state index in [2.05, 4.69) is 17.0 Å². The summed E-state index contributed by atoms with van der Waals surface area (Å²) in [6.45, 7) is 3.34. The van der Waals surface area contributed by atoms with E-state index in [1.807, 2.05) is 36.6 Å². The first-order chi connectivity index (χ1) is 17.3. The minimum absolute atomic E-state index is 0.0317. The van der Waals surface area contributed by atoms with Crippen LogP contribution >= 0.6 is 11.3 Å². The quantitative estimate of drug-likeness (QED) is 0.548. The number of carbonyl (C=O) groups excluding carboxylic acids is 1. The van der Waals surface area contributed by atoms with Gasteiger partial charge in [-0.3, -0.25) is 9.69 Å². The summed E-state index contributed by atoms with van der Waals surface area (Å²) in [6, 6.07) is 18.6. The first kappa shape index (κ1) is 24.0. The predicted octanol–water partition coefficient (Wildman–Crippen LogP) is 4.96. The third-order valence-electron chi connectivity index (χ3n) is 7.52. The number of para-hydroxylation sites is 1. The average molecular weight is 502 g/mol. The highest BCUT2D eigenvalue weighted by Gasteiger charge is 2.51. The van der Waals surface area contributed by atoms with Gasteiger partial charge in [-0.15, -0.1) is 11.3 Å². The van der Waals surface area contributed by atoms with Crippen LogP contribution in [0.3, 0.4) is 0 Å². The van der Waals surface area contributed by atoms with E-state index in [1.165, 1.54) is 11.0 Å². The standard InChI is InChI=1S/C28H28FN5OS/c1-28(24-15-21(17-36-24)20-7-5-6-18(14-20)16-30)25(26(35)33(2)27(31)32-28)19-10-12-34(13-11-19)23-9-4-3-8-22(23)29/h3-9,14-15,17,19,25H,10-13H2,1-2H3,(H2,31,32)/t25?,28-/m1/s1. The lowest BCUT2D eigenvalue weighted by Crippen LogP contribution is -2.56. The molecule has 0 aliphatic carbocycles. The highest BCUT2D eigenvalue weighted by atomic mass is 32.1. The summed E-state index contributed by atoms with van der Waals surface area (Å²) in [6.07, 6.45) is 1.51. The number of nitrogens with zero attached hydrogens (tertiary/aromatic N) is 4. The molecule has 0 bridgehead atoms. The molecule has 1 unspecified atom stereocenters.